The molecule has 1 amide bonds. The van der Waals surface area contributed by atoms with Gasteiger partial charge in [-0.15, -0.1) is 0 Å². The van der Waals surface area contributed by atoms with Crippen molar-refractivity contribution < 1.29 is 14.7 Å². The van der Waals surface area contributed by atoms with Gasteiger partial charge in [-0.05, 0) is 43.5 Å². The molecule has 0 radical (unpaired) electrons. The first-order valence-electron chi connectivity index (χ1n) is 7.05. The van der Waals surface area contributed by atoms with Gasteiger partial charge >= 0.3 is 6.09 Å². The highest BCUT2D eigenvalue weighted by atomic mass is 16.4. The highest BCUT2D eigenvalue weighted by Gasteiger charge is 2.47. The molecular weight excluding hydrogens is 268 g/mol. The van der Waals surface area contributed by atoms with Gasteiger partial charge in [0.15, 0.2) is 5.78 Å². The summed E-state index contributed by atoms with van der Waals surface area (Å²) in [5.74, 6) is -0.397. The summed E-state index contributed by atoms with van der Waals surface area (Å²) in [5, 5.41) is 15.0. The zero-order valence-corrected chi connectivity index (χ0v) is 11.8. The standard InChI is InChI=1S/C16H20N2O3/c1-2-14(19)16(18-15(20)21,12-6-4-3-5-7-12)13-8-10-17-11-9-13/h2-7,13,17-18H,1,8-11H2,(H,20,21). The van der Waals surface area contributed by atoms with Crippen LogP contribution in [0.2, 0.25) is 0 Å². The Hall–Kier alpha value is -2.14. The van der Waals surface area contributed by atoms with Gasteiger partial charge in [-0.1, -0.05) is 36.9 Å². The van der Waals surface area contributed by atoms with Crippen molar-refractivity contribution in [1.82, 2.24) is 10.6 Å². The molecule has 112 valence electrons. The van der Waals surface area contributed by atoms with E-state index in [4.69, 9.17) is 0 Å². The summed E-state index contributed by atoms with van der Waals surface area (Å²) >= 11 is 0. The molecule has 1 heterocycles. The quantitative estimate of drug-likeness (QED) is 0.723. The van der Waals surface area contributed by atoms with E-state index in [-0.39, 0.29) is 11.7 Å². The first-order valence-corrected chi connectivity index (χ1v) is 7.05. The minimum absolute atomic E-state index is 0.0947. The number of hydrogen-bond acceptors (Lipinski definition) is 3. The van der Waals surface area contributed by atoms with Crippen molar-refractivity contribution in [1.29, 1.82) is 0 Å². The van der Waals surface area contributed by atoms with Gasteiger partial charge in [-0.25, -0.2) is 4.79 Å². The number of carbonyl (C=O) groups excluding carboxylic acids is 1. The van der Waals surface area contributed by atoms with Gasteiger partial charge in [0, 0.05) is 0 Å². The summed E-state index contributed by atoms with van der Waals surface area (Å²) in [4.78, 5) is 23.9. The fraction of sp³-hybridized carbons (Fsp3) is 0.375. The number of nitrogens with one attached hydrogen (secondary N) is 2. The SMILES string of the molecule is C=CC(=O)C(NC(=O)O)(c1ccccc1)C1CCNCC1. The van der Waals surface area contributed by atoms with E-state index in [1.165, 1.54) is 6.08 Å². The van der Waals surface area contributed by atoms with Gasteiger partial charge in [-0.3, -0.25) is 4.79 Å². The smallest absolute Gasteiger partial charge is 0.405 e. The molecule has 1 aliphatic heterocycles. The number of carboxylic acid groups (broad SMARTS) is 1. The van der Waals surface area contributed by atoms with Crippen LogP contribution in [0.5, 0.6) is 0 Å². The molecule has 0 aliphatic carbocycles. The average Bonchev–Trinajstić information content (AvgIpc) is 2.53. The molecule has 21 heavy (non-hydrogen) atoms. The van der Waals surface area contributed by atoms with Crippen molar-refractivity contribution in [2.75, 3.05) is 13.1 Å². The summed E-state index contributed by atoms with van der Waals surface area (Å²) in [5.41, 5.74) is -0.582. The Morgan fingerprint density at radius 3 is 2.43 bits per heavy atom. The third-order valence-electron chi connectivity index (χ3n) is 4.06. The molecule has 1 saturated heterocycles. The first-order chi connectivity index (χ1) is 10.1. The van der Waals surface area contributed by atoms with Crippen LogP contribution in [0.25, 0.3) is 0 Å². The van der Waals surface area contributed by atoms with Crippen molar-refractivity contribution in [2.24, 2.45) is 5.92 Å². The zero-order valence-electron chi connectivity index (χ0n) is 11.8. The van der Waals surface area contributed by atoms with E-state index >= 15 is 0 Å². The fourth-order valence-corrected chi connectivity index (χ4v) is 3.10. The lowest BCUT2D eigenvalue weighted by Gasteiger charge is -2.41. The second-order valence-corrected chi connectivity index (χ2v) is 5.20. The van der Waals surface area contributed by atoms with Crippen LogP contribution in [0.3, 0.4) is 0 Å². The van der Waals surface area contributed by atoms with Gasteiger partial charge in [-0.2, -0.15) is 0 Å². The van der Waals surface area contributed by atoms with Crippen LogP contribution in [0.15, 0.2) is 43.0 Å². The zero-order chi connectivity index (χ0) is 15.3. The van der Waals surface area contributed by atoms with E-state index in [9.17, 15) is 14.7 Å². The number of amides is 1. The number of carbonyl (C=O) groups is 2. The number of ketones is 1. The lowest BCUT2D eigenvalue weighted by molar-refractivity contribution is -0.123. The Morgan fingerprint density at radius 1 is 1.29 bits per heavy atom. The maximum atomic E-state index is 12.6. The second kappa shape index (κ2) is 6.54. The molecule has 0 aromatic heterocycles. The summed E-state index contributed by atoms with van der Waals surface area (Å²) in [6.45, 7) is 5.09. The largest absolute Gasteiger partial charge is 0.465 e. The molecule has 3 N–H and O–H groups in total. The lowest BCUT2D eigenvalue weighted by Crippen LogP contribution is -2.57. The number of benzene rings is 1. The van der Waals surface area contributed by atoms with Gasteiger partial charge in [0.1, 0.15) is 5.54 Å². The molecule has 5 heteroatoms. The minimum atomic E-state index is -1.25. The Morgan fingerprint density at radius 2 is 1.90 bits per heavy atom. The minimum Gasteiger partial charge on any atom is -0.465 e. The predicted octanol–water partition coefficient (Wildman–Crippen LogP) is 1.90. The van der Waals surface area contributed by atoms with Crippen LogP contribution in [0, 0.1) is 5.92 Å². The number of rotatable bonds is 5. The number of hydrogen-bond donors (Lipinski definition) is 3. The summed E-state index contributed by atoms with van der Waals surface area (Å²) in [6.07, 6.45) is 1.47. The predicted molar refractivity (Wildman–Crippen MR) is 80.1 cm³/mol. The van der Waals surface area contributed by atoms with Gasteiger partial charge < -0.3 is 15.7 Å². The van der Waals surface area contributed by atoms with Crippen molar-refractivity contribution in [3.63, 3.8) is 0 Å². The normalized spacial score (nSPS) is 18.5. The van der Waals surface area contributed by atoms with Crippen LogP contribution >= 0.6 is 0 Å². The van der Waals surface area contributed by atoms with Crippen LogP contribution in [0.1, 0.15) is 18.4 Å². The summed E-state index contributed by atoms with van der Waals surface area (Å²) in [7, 11) is 0. The Kier molecular flexibility index (Phi) is 4.75. The Balaban J connectivity index is 2.54. The van der Waals surface area contributed by atoms with E-state index in [0.29, 0.717) is 5.56 Å². The fourth-order valence-electron chi connectivity index (χ4n) is 3.10. The van der Waals surface area contributed by atoms with Gasteiger partial charge in [0.05, 0.1) is 0 Å². The average molecular weight is 288 g/mol. The van der Waals surface area contributed by atoms with E-state index in [1.54, 1.807) is 12.1 Å². The van der Waals surface area contributed by atoms with Crippen molar-refractivity contribution >= 4 is 11.9 Å². The summed E-state index contributed by atoms with van der Waals surface area (Å²) < 4.78 is 0. The maximum Gasteiger partial charge on any atom is 0.405 e. The molecule has 2 rings (SSSR count). The van der Waals surface area contributed by atoms with E-state index in [2.05, 4.69) is 17.2 Å². The topological polar surface area (TPSA) is 78.4 Å². The van der Waals surface area contributed by atoms with Crippen LogP contribution in [-0.2, 0) is 10.3 Å². The highest BCUT2D eigenvalue weighted by Crippen LogP contribution is 2.36. The van der Waals surface area contributed by atoms with Crippen molar-refractivity contribution in [3.05, 3.63) is 48.6 Å². The van der Waals surface area contributed by atoms with E-state index in [1.807, 2.05) is 18.2 Å². The third-order valence-corrected chi connectivity index (χ3v) is 4.06. The van der Waals surface area contributed by atoms with Crippen molar-refractivity contribution in [3.8, 4) is 0 Å². The highest BCUT2D eigenvalue weighted by molar-refractivity contribution is 6.00. The lowest BCUT2D eigenvalue weighted by atomic mass is 9.71. The molecule has 1 fully saturated rings. The Labute approximate surface area is 124 Å². The Bertz CT molecular complexity index is 524. The van der Waals surface area contributed by atoms with Gasteiger partial charge in [0.25, 0.3) is 0 Å². The molecule has 0 saturated carbocycles. The molecule has 1 aromatic carbocycles. The molecule has 1 unspecified atom stereocenters. The molecule has 1 aliphatic rings. The molecule has 1 aromatic rings. The van der Waals surface area contributed by atoms with Crippen LogP contribution < -0.4 is 10.6 Å². The molecule has 0 bridgehead atoms. The summed E-state index contributed by atoms with van der Waals surface area (Å²) in [6, 6.07) is 9.05. The molecule has 5 nitrogen and oxygen atoms in total. The third kappa shape index (κ3) is 2.97. The van der Waals surface area contributed by atoms with Crippen molar-refractivity contribution in [2.45, 2.75) is 18.4 Å². The second-order valence-electron chi connectivity index (χ2n) is 5.20. The van der Waals surface area contributed by atoms with E-state index in [0.717, 1.165) is 25.9 Å². The number of piperidine rings is 1. The first kappa shape index (κ1) is 15.3. The molecule has 1 atom stereocenters. The maximum absolute atomic E-state index is 12.6. The molecular formula is C16H20N2O3. The van der Waals surface area contributed by atoms with Crippen LogP contribution in [-0.4, -0.2) is 30.1 Å². The van der Waals surface area contributed by atoms with E-state index < -0.39 is 11.6 Å². The monoisotopic (exact) mass is 288 g/mol. The van der Waals surface area contributed by atoms with Gasteiger partial charge in [0.2, 0.25) is 0 Å². The van der Waals surface area contributed by atoms with Crippen LogP contribution in [0.4, 0.5) is 4.79 Å². The molecule has 0 spiro atoms.